The SMILES string of the molecule is COc1cc2nc(N)sc2c2nc(N)sc12. The number of ether oxygens (including phenoxy) is 1. The number of methoxy groups -OCH3 is 1. The lowest BCUT2D eigenvalue weighted by Gasteiger charge is -1.99. The van der Waals surface area contributed by atoms with Crippen LogP contribution in [-0.4, -0.2) is 17.1 Å². The van der Waals surface area contributed by atoms with Gasteiger partial charge >= 0.3 is 0 Å². The molecule has 82 valence electrons. The number of nitrogen functional groups attached to an aromatic ring is 2. The molecule has 2 heterocycles. The van der Waals surface area contributed by atoms with E-state index in [0.29, 0.717) is 10.3 Å². The first-order valence-corrected chi connectivity index (χ1v) is 6.11. The number of benzene rings is 1. The number of hydrogen-bond acceptors (Lipinski definition) is 7. The number of nitrogens with zero attached hydrogens (tertiary/aromatic N) is 2. The van der Waals surface area contributed by atoms with Crippen molar-refractivity contribution in [1.29, 1.82) is 0 Å². The fourth-order valence-electron chi connectivity index (χ4n) is 1.62. The molecule has 0 radical (unpaired) electrons. The average molecular weight is 252 g/mol. The number of hydrogen-bond donors (Lipinski definition) is 2. The highest BCUT2D eigenvalue weighted by Crippen LogP contribution is 2.40. The van der Waals surface area contributed by atoms with Crippen LogP contribution in [0.3, 0.4) is 0 Å². The summed E-state index contributed by atoms with van der Waals surface area (Å²) < 4.78 is 7.20. The van der Waals surface area contributed by atoms with E-state index in [1.165, 1.54) is 22.7 Å². The fraction of sp³-hybridized carbons (Fsp3) is 0.111. The number of nitrogens with two attached hydrogens (primary N) is 2. The largest absolute Gasteiger partial charge is 0.495 e. The molecule has 0 saturated carbocycles. The maximum Gasteiger partial charge on any atom is 0.181 e. The van der Waals surface area contributed by atoms with Gasteiger partial charge in [0.1, 0.15) is 11.3 Å². The van der Waals surface area contributed by atoms with Crippen LogP contribution in [0, 0.1) is 0 Å². The first-order chi connectivity index (χ1) is 7.69. The van der Waals surface area contributed by atoms with E-state index in [-0.39, 0.29) is 0 Å². The summed E-state index contributed by atoms with van der Waals surface area (Å²) in [5.74, 6) is 0.738. The molecule has 7 heteroatoms. The molecule has 0 amide bonds. The molecular weight excluding hydrogens is 244 g/mol. The predicted octanol–water partition coefficient (Wildman–Crippen LogP) is 2.08. The minimum absolute atomic E-state index is 0.521. The monoisotopic (exact) mass is 252 g/mol. The third-order valence-corrected chi connectivity index (χ3v) is 4.05. The van der Waals surface area contributed by atoms with Crippen LogP contribution in [0.25, 0.3) is 20.4 Å². The van der Waals surface area contributed by atoms with Gasteiger partial charge in [0.25, 0.3) is 0 Å². The summed E-state index contributed by atoms with van der Waals surface area (Å²) in [6.45, 7) is 0. The normalized spacial score (nSPS) is 11.3. The Morgan fingerprint density at radius 1 is 1.12 bits per heavy atom. The van der Waals surface area contributed by atoms with Crippen LogP contribution >= 0.6 is 22.7 Å². The molecule has 16 heavy (non-hydrogen) atoms. The molecule has 4 N–H and O–H groups in total. The van der Waals surface area contributed by atoms with Gasteiger partial charge in [-0.15, -0.1) is 0 Å². The highest BCUT2D eigenvalue weighted by atomic mass is 32.1. The fourth-order valence-corrected chi connectivity index (χ4v) is 3.32. The summed E-state index contributed by atoms with van der Waals surface area (Å²) >= 11 is 2.82. The van der Waals surface area contributed by atoms with Crippen LogP contribution in [0.1, 0.15) is 0 Å². The molecule has 0 aliphatic rings. The molecule has 3 aromatic rings. The second kappa shape index (κ2) is 3.19. The van der Waals surface area contributed by atoms with Crippen molar-refractivity contribution in [1.82, 2.24) is 9.97 Å². The summed E-state index contributed by atoms with van der Waals surface area (Å²) in [6, 6.07) is 1.86. The summed E-state index contributed by atoms with van der Waals surface area (Å²) in [5.41, 5.74) is 13.0. The first kappa shape index (κ1) is 9.61. The lowest BCUT2D eigenvalue weighted by atomic mass is 10.3. The molecular formula is C9H8N4OS2. The highest BCUT2D eigenvalue weighted by Gasteiger charge is 2.14. The molecule has 0 fully saturated rings. The molecule has 0 spiro atoms. The Bertz CT molecular complexity index is 687. The molecule has 0 saturated heterocycles. The van der Waals surface area contributed by atoms with Crippen molar-refractivity contribution < 1.29 is 4.74 Å². The average Bonchev–Trinajstić information content (AvgIpc) is 2.78. The van der Waals surface area contributed by atoms with E-state index in [0.717, 1.165) is 26.2 Å². The van der Waals surface area contributed by atoms with Crippen molar-refractivity contribution in [3.05, 3.63) is 6.07 Å². The minimum Gasteiger partial charge on any atom is -0.495 e. The Kier molecular flexibility index (Phi) is 1.92. The molecule has 0 unspecified atom stereocenters. The number of aromatic nitrogens is 2. The lowest BCUT2D eigenvalue weighted by Crippen LogP contribution is -1.84. The number of anilines is 2. The van der Waals surface area contributed by atoms with Crippen molar-refractivity contribution in [2.75, 3.05) is 18.6 Å². The van der Waals surface area contributed by atoms with Crippen molar-refractivity contribution in [3.8, 4) is 5.75 Å². The topological polar surface area (TPSA) is 87.0 Å². The van der Waals surface area contributed by atoms with Crippen LogP contribution in [0.5, 0.6) is 5.75 Å². The quantitative estimate of drug-likeness (QED) is 0.692. The van der Waals surface area contributed by atoms with Crippen LogP contribution in [0.2, 0.25) is 0 Å². The second-order valence-electron chi connectivity index (χ2n) is 3.21. The van der Waals surface area contributed by atoms with Gasteiger partial charge < -0.3 is 16.2 Å². The molecule has 0 aliphatic carbocycles. The summed E-state index contributed by atoms with van der Waals surface area (Å²) in [5, 5.41) is 1.05. The zero-order valence-electron chi connectivity index (χ0n) is 8.35. The van der Waals surface area contributed by atoms with E-state index in [9.17, 15) is 0 Å². The standard InChI is InChI=1S/C9H8N4OS2/c1-14-4-2-3-6(15-8(10)12-3)5-7(4)16-9(11)13-5/h2H,1H3,(H2,10,12)(H2,11,13). The Morgan fingerprint density at radius 3 is 2.56 bits per heavy atom. The van der Waals surface area contributed by atoms with Gasteiger partial charge in [-0.25, -0.2) is 9.97 Å². The van der Waals surface area contributed by atoms with Crippen LogP contribution < -0.4 is 16.2 Å². The predicted molar refractivity (Wildman–Crippen MR) is 68.2 cm³/mol. The maximum absolute atomic E-state index is 5.72. The van der Waals surface area contributed by atoms with E-state index in [1.54, 1.807) is 7.11 Å². The van der Waals surface area contributed by atoms with Gasteiger partial charge in [-0.2, -0.15) is 0 Å². The molecule has 0 atom stereocenters. The van der Waals surface area contributed by atoms with Crippen LogP contribution in [-0.2, 0) is 0 Å². The van der Waals surface area contributed by atoms with Crippen molar-refractivity contribution in [2.45, 2.75) is 0 Å². The van der Waals surface area contributed by atoms with Gasteiger partial charge in [0.15, 0.2) is 10.3 Å². The Balaban J connectivity index is 2.55. The Hall–Kier alpha value is -1.60. The van der Waals surface area contributed by atoms with Gasteiger partial charge in [0.2, 0.25) is 0 Å². The van der Waals surface area contributed by atoms with Gasteiger partial charge in [0, 0.05) is 6.07 Å². The number of rotatable bonds is 1. The molecule has 3 rings (SSSR count). The smallest absolute Gasteiger partial charge is 0.181 e. The summed E-state index contributed by atoms with van der Waals surface area (Å²) in [7, 11) is 1.62. The zero-order chi connectivity index (χ0) is 11.3. The zero-order valence-corrected chi connectivity index (χ0v) is 9.98. The van der Waals surface area contributed by atoms with E-state index in [2.05, 4.69) is 9.97 Å². The molecule has 0 aliphatic heterocycles. The highest BCUT2D eigenvalue weighted by molar-refractivity contribution is 7.25. The summed E-state index contributed by atoms with van der Waals surface area (Å²) in [4.78, 5) is 8.52. The van der Waals surface area contributed by atoms with Crippen molar-refractivity contribution >= 4 is 53.4 Å². The lowest BCUT2D eigenvalue weighted by molar-refractivity contribution is 0.421. The van der Waals surface area contributed by atoms with E-state index >= 15 is 0 Å². The van der Waals surface area contributed by atoms with E-state index in [1.807, 2.05) is 6.07 Å². The molecule has 1 aromatic carbocycles. The molecule has 2 aromatic heterocycles. The van der Waals surface area contributed by atoms with E-state index < -0.39 is 0 Å². The first-order valence-electron chi connectivity index (χ1n) is 4.48. The molecule has 0 bridgehead atoms. The van der Waals surface area contributed by atoms with Crippen molar-refractivity contribution in [3.63, 3.8) is 0 Å². The Labute approximate surface area is 98.7 Å². The summed E-state index contributed by atoms with van der Waals surface area (Å²) in [6.07, 6.45) is 0. The van der Waals surface area contributed by atoms with E-state index in [4.69, 9.17) is 16.2 Å². The van der Waals surface area contributed by atoms with Gasteiger partial charge in [-0.1, -0.05) is 22.7 Å². The van der Waals surface area contributed by atoms with Gasteiger partial charge in [-0.05, 0) is 0 Å². The third kappa shape index (κ3) is 1.22. The maximum atomic E-state index is 5.72. The van der Waals surface area contributed by atoms with Crippen LogP contribution in [0.4, 0.5) is 10.3 Å². The molecule has 5 nitrogen and oxygen atoms in total. The number of thiazole rings is 2. The second-order valence-corrected chi connectivity index (χ2v) is 5.27. The van der Waals surface area contributed by atoms with Gasteiger partial charge in [0.05, 0.1) is 22.0 Å². The minimum atomic E-state index is 0.521. The van der Waals surface area contributed by atoms with Gasteiger partial charge in [-0.3, -0.25) is 0 Å². The van der Waals surface area contributed by atoms with Crippen molar-refractivity contribution in [2.24, 2.45) is 0 Å². The third-order valence-electron chi connectivity index (χ3n) is 2.24. The Morgan fingerprint density at radius 2 is 1.81 bits per heavy atom. The van der Waals surface area contributed by atoms with Crippen LogP contribution in [0.15, 0.2) is 6.07 Å². The number of fused-ring (bicyclic) bond motifs is 3.